The Labute approximate surface area is 107 Å². The number of phenols is 2. The molecule has 18 heavy (non-hydrogen) atoms. The normalized spacial score (nSPS) is 10.9. The monoisotopic (exact) mass is 265 g/mol. The predicted molar refractivity (Wildman–Crippen MR) is 69.5 cm³/mol. The van der Waals surface area contributed by atoms with Crippen LogP contribution in [0, 0.1) is 6.92 Å². The van der Waals surface area contributed by atoms with Crippen molar-refractivity contribution in [1.29, 1.82) is 0 Å². The number of phenolic OH excluding ortho intramolecular Hbond substituents is 2. The van der Waals surface area contributed by atoms with Crippen LogP contribution < -0.4 is 5.43 Å². The highest BCUT2D eigenvalue weighted by Crippen LogP contribution is 2.26. The van der Waals surface area contributed by atoms with Crippen LogP contribution in [0.1, 0.15) is 10.4 Å². The summed E-state index contributed by atoms with van der Waals surface area (Å²) in [6.45, 7) is 1.75. The maximum Gasteiger partial charge on any atom is 0.226 e. The Morgan fingerprint density at radius 3 is 2.67 bits per heavy atom. The van der Waals surface area contributed by atoms with Crippen molar-refractivity contribution in [2.75, 3.05) is 5.43 Å². The molecule has 1 heterocycles. The van der Waals surface area contributed by atoms with Crippen LogP contribution in [-0.4, -0.2) is 26.5 Å². The molecule has 0 aliphatic heterocycles. The van der Waals surface area contributed by atoms with Crippen LogP contribution in [0.4, 0.5) is 5.13 Å². The summed E-state index contributed by atoms with van der Waals surface area (Å²) in [6, 6.07) is 4.35. The lowest BCUT2D eigenvalue weighted by molar-refractivity contribution is 0.403. The van der Waals surface area contributed by atoms with Gasteiger partial charge in [-0.25, -0.2) is 0 Å². The lowest BCUT2D eigenvalue weighted by atomic mass is 10.2. The molecule has 0 fully saturated rings. The van der Waals surface area contributed by atoms with Crippen LogP contribution in [0.2, 0.25) is 0 Å². The molecule has 1 aromatic heterocycles. The van der Waals surface area contributed by atoms with E-state index in [0.29, 0.717) is 15.6 Å². The van der Waals surface area contributed by atoms with Gasteiger partial charge >= 0.3 is 0 Å². The number of aromatic hydroxyl groups is 3. The molecule has 0 radical (unpaired) electrons. The first-order valence-electron chi connectivity index (χ1n) is 5.03. The predicted octanol–water partition coefficient (Wildman–Crippen LogP) is 2.01. The number of thiazole rings is 1. The van der Waals surface area contributed by atoms with E-state index in [4.69, 9.17) is 5.11 Å². The van der Waals surface area contributed by atoms with Crippen LogP contribution in [0.25, 0.3) is 0 Å². The Morgan fingerprint density at radius 1 is 1.28 bits per heavy atom. The number of aromatic nitrogens is 1. The number of anilines is 1. The molecule has 0 unspecified atom stereocenters. The molecular weight excluding hydrogens is 254 g/mol. The third-order valence-electron chi connectivity index (χ3n) is 2.15. The Hall–Kier alpha value is -2.28. The summed E-state index contributed by atoms with van der Waals surface area (Å²) in [4.78, 5) is 4.54. The summed E-state index contributed by atoms with van der Waals surface area (Å²) >= 11 is 1.28. The number of hydrazone groups is 1. The summed E-state index contributed by atoms with van der Waals surface area (Å²) in [6.07, 6.45) is 1.47. The topological polar surface area (TPSA) is 98.0 Å². The summed E-state index contributed by atoms with van der Waals surface area (Å²) in [5, 5.41) is 32.1. The fourth-order valence-electron chi connectivity index (χ4n) is 1.22. The summed E-state index contributed by atoms with van der Waals surface area (Å²) in [5.41, 5.74) is 3.28. The highest BCUT2D eigenvalue weighted by atomic mass is 32.1. The molecule has 94 valence electrons. The van der Waals surface area contributed by atoms with E-state index >= 15 is 0 Å². The van der Waals surface area contributed by atoms with Gasteiger partial charge in [-0.3, -0.25) is 5.43 Å². The summed E-state index contributed by atoms with van der Waals surface area (Å²) in [5.74, 6) is -0.401. The van der Waals surface area contributed by atoms with Gasteiger partial charge in [-0.15, -0.1) is 0 Å². The van der Waals surface area contributed by atoms with Crippen molar-refractivity contribution in [1.82, 2.24) is 4.98 Å². The van der Waals surface area contributed by atoms with Crippen molar-refractivity contribution < 1.29 is 15.3 Å². The minimum atomic E-state index is -0.207. The van der Waals surface area contributed by atoms with Crippen LogP contribution in [0.5, 0.6) is 17.4 Å². The third kappa shape index (κ3) is 2.69. The largest absolute Gasteiger partial charge is 0.504 e. The third-order valence-corrected chi connectivity index (χ3v) is 3.01. The fraction of sp³-hybridized carbons (Fsp3) is 0.0909. The number of hydrogen-bond donors (Lipinski definition) is 4. The Kier molecular flexibility index (Phi) is 3.33. The van der Waals surface area contributed by atoms with Gasteiger partial charge in [0.15, 0.2) is 11.5 Å². The molecule has 7 heteroatoms. The molecule has 0 saturated heterocycles. The molecule has 0 saturated carbocycles. The molecule has 0 aliphatic carbocycles. The van der Waals surface area contributed by atoms with Crippen molar-refractivity contribution in [3.8, 4) is 17.4 Å². The molecule has 4 N–H and O–H groups in total. The van der Waals surface area contributed by atoms with Crippen molar-refractivity contribution in [3.05, 3.63) is 28.6 Å². The lowest BCUT2D eigenvalue weighted by Crippen LogP contribution is -1.89. The van der Waals surface area contributed by atoms with E-state index in [9.17, 15) is 10.2 Å². The number of hydrogen-bond acceptors (Lipinski definition) is 7. The van der Waals surface area contributed by atoms with Gasteiger partial charge in [0.05, 0.1) is 11.1 Å². The van der Waals surface area contributed by atoms with Crippen LogP contribution >= 0.6 is 11.3 Å². The van der Waals surface area contributed by atoms with Crippen molar-refractivity contribution >= 4 is 22.7 Å². The van der Waals surface area contributed by atoms with E-state index in [-0.39, 0.29) is 17.4 Å². The maximum absolute atomic E-state index is 9.28. The van der Waals surface area contributed by atoms with E-state index in [2.05, 4.69) is 15.5 Å². The van der Waals surface area contributed by atoms with E-state index in [1.54, 1.807) is 13.0 Å². The molecule has 2 rings (SSSR count). The molecule has 2 aromatic rings. The number of nitrogens with zero attached hydrogens (tertiary/aromatic N) is 2. The lowest BCUT2D eigenvalue weighted by Gasteiger charge is -1.98. The second-order valence-electron chi connectivity index (χ2n) is 3.52. The van der Waals surface area contributed by atoms with Crippen molar-refractivity contribution in [2.24, 2.45) is 5.10 Å². The highest BCUT2D eigenvalue weighted by Gasteiger charge is 2.04. The molecule has 6 nitrogen and oxygen atoms in total. The van der Waals surface area contributed by atoms with Gasteiger partial charge in [0.25, 0.3) is 0 Å². The second kappa shape index (κ2) is 4.92. The second-order valence-corrected chi connectivity index (χ2v) is 4.72. The first kappa shape index (κ1) is 12.2. The van der Waals surface area contributed by atoms with Gasteiger partial charge in [-0.2, -0.15) is 10.1 Å². The fourth-order valence-corrected chi connectivity index (χ4v) is 1.88. The molecule has 0 amide bonds. The molecule has 0 atom stereocenters. The Balaban J connectivity index is 2.05. The number of rotatable bonds is 3. The van der Waals surface area contributed by atoms with E-state index in [1.165, 1.54) is 29.7 Å². The standard InChI is InChI=1S/C11H11N3O3S/c1-6-10(17)13-11(18-6)14-12-5-7-2-3-8(15)9(16)4-7/h2-5,15-17H,1H3,(H,13,14)/b12-5+. The highest BCUT2D eigenvalue weighted by molar-refractivity contribution is 7.15. The van der Waals surface area contributed by atoms with Gasteiger partial charge < -0.3 is 15.3 Å². The van der Waals surface area contributed by atoms with Gasteiger partial charge in [0.2, 0.25) is 11.0 Å². The van der Waals surface area contributed by atoms with Gasteiger partial charge in [0.1, 0.15) is 0 Å². The zero-order valence-corrected chi connectivity index (χ0v) is 10.3. The molecule has 0 spiro atoms. The Morgan fingerprint density at radius 2 is 2.06 bits per heavy atom. The molecule has 1 aromatic carbocycles. The van der Waals surface area contributed by atoms with Crippen LogP contribution in [0.3, 0.4) is 0 Å². The first-order chi connectivity index (χ1) is 8.56. The number of aryl methyl sites for hydroxylation is 1. The van der Waals surface area contributed by atoms with Gasteiger partial charge in [-0.1, -0.05) is 11.3 Å². The van der Waals surface area contributed by atoms with Gasteiger partial charge in [0, 0.05) is 0 Å². The molecular formula is C11H11N3O3S. The van der Waals surface area contributed by atoms with Gasteiger partial charge in [-0.05, 0) is 30.7 Å². The molecule has 0 aliphatic rings. The van der Waals surface area contributed by atoms with E-state index in [1.807, 2.05) is 0 Å². The van der Waals surface area contributed by atoms with Crippen LogP contribution in [-0.2, 0) is 0 Å². The zero-order chi connectivity index (χ0) is 13.1. The minimum absolute atomic E-state index is 0.0139. The minimum Gasteiger partial charge on any atom is -0.504 e. The van der Waals surface area contributed by atoms with Crippen LogP contribution in [0.15, 0.2) is 23.3 Å². The number of nitrogens with one attached hydrogen (secondary N) is 1. The van der Waals surface area contributed by atoms with E-state index < -0.39 is 0 Å². The summed E-state index contributed by atoms with van der Waals surface area (Å²) < 4.78 is 0. The maximum atomic E-state index is 9.28. The average Bonchev–Trinajstić information content (AvgIpc) is 2.63. The smallest absolute Gasteiger partial charge is 0.226 e. The zero-order valence-electron chi connectivity index (χ0n) is 9.45. The molecule has 0 bridgehead atoms. The first-order valence-corrected chi connectivity index (χ1v) is 5.85. The quantitative estimate of drug-likeness (QED) is 0.386. The van der Waals surface area contributed by atoms with Crippen molar-refractivity contribution in [2.45, 2.75) is 6.92 Å². The van der Waals surface area contributed by atoms with E-state index in [0.717, 1.165) is 0 Å². The SMILES string of the molecule is Cc1sc(N/N=C/c2ccc(O)c(O)c2)nc1O. The van der Waals surface area contributed by atoms with Crippen molar-refractivity contribution in [3.63, 3.8) is 0 Å². The average molecular weight is 265 g/mol. The number of benzene rings is 1. The summed E-state index contributed by atoms with van der Waals surface area (Å²) in [7, 11) is 0. The Bertz CT molecular complexity index is 576.